The lowest BCUT2D eigenvalue weighted by molar-refractivity contribution is 0.0374. The first kappa shape index (κ1) is 17.5. The Morgan fingerprint density at radius 3 is 2.77 bits per heavy atom. The molecule has 1 aromatic carbocycles. The Kier molecular flexibility index (Phi) is 7.46. The highest BCUT2D eigenvalue weighted by molar-refractivity contribution is 6.32. The topological polar surface area (TPSA) is 33.7 Å². The molecule has 0 saturated carbocycles. The van der Waals surface area contributed by atoms with Crippen LogP contribution in [-0.2, 0) is 11.3 Å². The SMILES string of the molecule is CC(C)Oc1ccc(CNCCCN2CCOCC2)cc1Cl. The number of halogens is 1. The van der Waals surface area contributed by atoms with Crippen molar-refractivity contribution in [1.82, 2.24) is 10.2 Å². The summed E-state index contributed by atoms with van der Waals surface area (Å²) in [5.41, 5.74) is 1.19. The Morgan fingerprint density at radius 2 is 2.09 bits per heavy atom. The van der Waals surface area contributed by atoms with Crippen molar-refractivity contribution in [3.05, 3.63) is 28.8 Å². The van der Waals surface area contributed by atoms with Crippen molar-refractivity contribution in [3.8, 4) is 5.75 Å². The third kappa shape index (κ3) is 6.13. The van der Waals surface area contributed by atoms with E-state index in [1.54, 1.807) is 0 Å². The molecule has 1 aromatic rings. The van der Waals surface area contributed by atoms with E-state index in [1.165, 1.54) is 5.56 Å². The maximum absolute atomic E-state index is 6.24. The summed E-state index contributed by atoms with van der Waals surface area (Å²) >= 11 is 6.24. The molecule has 0 aliphatic carbocycles. The molecule has 0 spiro atoms. The van der Waals surface area contributed by atoms with Crippen LogP contribution in [0.3, 0.4) is 0 Å². The Labute approximate surface area is 138 Å². The van der Waals surface area contributed by atoms with Gasteiger partial charge in [-0.3, -0.25) is 4.90 Å². The zero-order chi connectivity index (χ0) is 15.8. The third-order valence-electron chi connectivity index (χ3n) is 3.62. The van der Waals surface area contributed by atoms with E-state index in [1.807, 2.05) is 26.0 Å². The number of ether oxygens (including phenoxy) is 2. The maximum Gasteiger partial charge on any atom is 0.138 e. The van der Waals surface area contributed by atoms with Crippen LogP contribution in [-0.4, -0.2) is 50.4 Å². The zero-order valence-electron chi connectivity index (χ0n) is 13.6. The third-order valence-corrected chi connectivity index (χ3v) is 3.92. The molecule has 1 aliphatic rings. The number of hydrogen-bond donors (Lipinski definition) is 1. The highest BCUT2D eigenvalue weighted by atomic mass is 35.5. The predicted molar refractivity (Wildman–Crippen MR) is 90.8 cm³/mol. The fraction of sp³-hybridized carbons (Fsp3) is 0.647. The van der Waals surface area contributed by atoms with Gasteiger partial charge in [-0.15, -0.1) is 0 Å². The van der Waals surface area contributed by atoms with Crippen LogP contribution in [0.25, 0.3) is 0 Å². The van der Waals surface area contributed by atoms with Gasteiger partial charge in [0.25, 0.3) is 0 Å². The molecule has 0 bridgehead atoms. The molecular weight excluding hydrogens is 300 g/mol. The molecule has 0 atom stereocenters. The fourth-order valence-corrected chi connectivity index (χ4v) is 2.74. The molecule has 0 aromatic heterocycles. The van der Waals surface area contributed by atoms with Crippen LogP contribution in [0.15, 0.2) is 18.2 Å². The van der Waals surface area contributed by atoms with E-state index in [0.29, 0.717) is 5.02 Å². The fourth-order valence-electron chi connectivity index (χ4n) is 2.49. The molecule has 0 radical (unpaired) electrons. The van der Waals surface area contributed by atoms with Crippen LogP contribution in [0.2, 0.25) is 5.02 Å². The normalized spacial score (nSPS) is 16.2. The van der Waals surface area contributed by atoms with Crippen LogP contribution in [0, 0.1) is 0 Å². The van der Waals surface area contributed by atoms with Gasteiger partial charge in [-0.1, -0.05) is 17.7 Å². The van der Waals surface area contributed by atoms with Crippen molar-refractivity contribution in [2.75, 3.05) is 39.4 Å². The molecule has 0 amide bonds. The van der Waals surface area contributed by atoms with Crippen LogP contribution < -0.4 is 10.1 Å². The Morgan fingerprint density at radius 1 is 1.32 bits per heavy atom. The van der Waals surface area contributed by atoms with Gasteiger partial charge in [0.2, 0.25) is 0 Å². The minimum Gasteiger partial charge on any atom is -0.489 e. The summed E-state index contributed by atoms with van der Waals surface area (Å²) < 4.78 is 11.0. The molecule has 2 rings (SSSR count). The second-order valence-corrected chi connectivity index (χ2v) is 6.32. The average Bonchev–Trinajstić information content (AvgIpc) is 2.50. The van der Waals surface area contributed by atoms with Crippen LogP contribution in [0.5, 0.6) is 5.75 Å². The number of nitrogens with one attached hydrogen (secondary N) is 1. The van der Waals surface area contributed by atoms with E-state index < -0.39 is 0 Å². The van der Waals surface area contributed by atoms with E-state index >= 15 is 0 Å². The molecule has 22 heavy (non-hydrogen) atoms. The van der Waals surface area contributed by atoms with Gasteiger partial charge in [-0.2, -0.15) is 0 Å². The Balaban J connectivity index is 1.65. The monoisotopic (exact) mass is 326 g/mol. The number of rotatable bonds is 8. The lowest BCUT2D eigenvalue weighted by Gasteiger charge is -2.26. The summed E-state index contributed by atoms with van der Waals surface area (Å²) in [6, 6.07) is 6.00. The molecule has 1 N–H and O–H groups in total. The van der Waals surface area contributed by atoms with Crippen molar-refractivity contribution in [3.63, 3.8) is 0 Å². The van der Waals surface area contributed by atoms with Gasteiger partial charge >= 0.3 is 0 Å². The maximum atomic E-state index is 6.24. The predicted octanol–water partition coefficient (Wildman–Crippen LogP) is 2.94. The molecular formula is C17H27ClN2O2. The van der Waals surface area contributed by atoms with Gasteiger partial charge < -0.3 is 14.8 Å². The molecule has 124 valence electrons. The molecule has 4 nitrogen and oxygen atoms in total. The first-order valence-corrected chi connectivity index (χ1v) is 8.49. The zero-order valence-corrected chi connectivity index (χ0v) is 14.4. The van der Waals surface area contributed by atoms with E-state index in [-0.39, 0.29) is 6.10 Å². The second kappa shape index (κ2) is 9.36. The van der Waals surface area contributed by atoms with Gasteiger partial charge in [0.1, 0.15) is 5.75 Å². The molecule has 0 unspecified atom stereocenters. The van der Waals surface area contributed by atoms with Gasteiger partial charge in [0, 0.05) is 19.6 Å². The molecule has 1 aliphatic heterocycles. The van der Waals surface area contributed by atoms with Crippen LogP contribution in [0.4, 0.5) is 0 Å². The number of morpholine rings is 1. The first-order valence-electron chi connectivity index (χ1n) is 8.11. The largest absolute Gasteiger partial charge is 0.489 e. The number of hydrogen-bond acceptors (Lipinski definition) is 4. The summed E-state index contributed by atoms with van der Waals surface area (Å²) in [7, 11) is 0. The van der Waals surface area contributed by atoms with Gasteiger partial charge in [0.15, 0.2) is 0 Å². The number of nitrogens with zero attached hydrogens (tertiary/aromatic N) is 1. The molecule has 1 fully saturated rings. The first-order chi connectivity index (χ1) is 10.6. The van der Waals surface area contributed by atoms with Crippen molar-refractivity contribution >= 4 is 11.6 Å². The average molecular weight is 327 g/mol. The standard InChI is InChI=1S/C17H27ClN2O2/c1-14(2)22-17-5-4-15(12-16(17)18)13-19-6-3-7-20-8-10-21-11-9-20/h4-5,12,14,19H,3,6-11,13H2,1-2H3. The lowest BCUT2D eigenvalue weighted by atomic mass is 10.2. The van der Waals surface area contributed by atoms with E-state index in [4.69, 9.17) is 21.1 Å². The van der Waals surface area contributed by atoms with Crippen LogP contribution >= 0.6 is 11.6 Å². The minimum atomic E-state index is 0.140. The summed E-state index contributed by atoms with van der Waals surface area (Å²) in [4.78, 5) is 2.46. The molecule has 1 heterocycles. The second-order valence-electron chi connectivity index (χ2n) is 5.92. The van der Waals surface area contributed by atoms with Gasteiger partial charge in [0.05, 0.1) is 24.3 Å². The van der Waals surface area contributed by atoms with E-state index in [0.717, 1.165) is 58.1 Å². The molecule has 5 heteroatoms. The van der Waals surface area contributed by atoms with Crippen molar-refractivity contribution in [1.29, 1.82) is 0 Å². The lowest BCUT2D eigenvalue weighted by Crippen LogP contribution is -2.37. The van der Waals surface area contributed by atoms with Crippen molar-refractivity contribution in [2.45, 2.75) is 32.9 Å². The highest BCUT2D eigenvalue weighted by Crippen LogP contribution is 2.26. The van der Waals surface area contributed by atoms with Crippen molar-refractivity contribution < 1.29 is 9.47 Å². The summed E-state index contributed by atoms with van der Waals surface area (Å²) in [6.45, 7) is 10.9. The van der Waals surface area contributed by atoms with Crippen LogP contribution in [0.1, 0.15) is 25.8 Å². The smallest absolute Gasteiger partial charge is 0.138 e. The summed E-state index contributed by atoms with van der Waals surface area (Å²) in [5, 5.41) is 4.15. The number of benzene rings is 1. The van der Waals surface area contributed by atoms with E-state index in [9.17, 15) is 0 Å². The minimum absolute atomic E-state index is 0.140. The van der Waals surface area contributed by atoms with Crippen molar-refractivity contribution in [2.24, 2.45) is 0 Å². The van der Waals surface area contributed by atoms with Gasteiger partial charge in [-0.25, -0.2) is 0 Å². The molecule has 1 saturated heterocycles. The Bertz CT molecular complexity index is 448. The Hall–Kier alpha value is -0.810. The highest BCUT2D eigenvalue weighted by Gasteiger charge is 2.09. The summed E-state index contributed by atoms with van der Waals surface area (Å²) in [5.74, 6) is 0.757. The van der Waals surface area contributed by atoms with Gasteiger partial charge in [-0.05, 0) is 51.1 Å². The summed E-state index contributed by atoms with van der Waals surface area (Å²) in [6.07, 6.45) is 1.30. The quantitative estimate of drug-likeness (QED) is 0.745. The van der Waals surface area contributed by atoms with E-state index in [2.05, 4.69) is 16.3 Å².